The topological polar surface area (TPSA) is 32.3 Å². The maximum Gasteiger partial charge on any atom is 0.0556 e. The van der Waals surface area contributed by atoms with Crippen molar-refractivity contribution in [2.75, 3.05) is 13.2 Å². The molecule has 2 heteroatoms. The molecule has 2 N–H and O–H groups in total. The van der Waals surface area contributed by atoms with E-state index in [1.165, 1.54) is 77.0 Å². The van der Waals surface area contributed by atoms with Gasteiger partial charge in [0.2, 0.25) is 0 Å². The van der Waals surface area contributed by atoms with Crippen molar-refractivity contribution in [2.24, 2.45) is 0 Å². The van der Waals surface area contributed by atoms with Crippen LogP contribution in [0.3, 0.4) is 0 Å². The Kier molecular flexibility index (Phi) is 13.8. The standard InChI is InChI=1S/C18H39NO/c1-4-6-8-10-12-14-18(3,19-16-17-20)15-13-11-9-7-5-2/h19-20H,4-17H2,1-3H3. The number of unbranched alkanes of at least 4 members (excludes halogenated alkanes) is 8. The van der Waals surface area contributed by atoms with Crippen LogP contribution >= 0.6 is 0 Å². The number of hydrogen-bond donors (Lipinski definition) is 2. The van der Waals surface area contributed by atoms with Gasteiger partial charge in [-0.2, -0.15) is 0 Å². The molecule has 0 fully saturated rings. The summed E-state index contributed by atoms with van der Waals surface area (Å²) >= 11 is 0. The highest BCUT2D eigenvalue weighted by Gasteiger charge is 2.21. The fourth-order valence-corrected chi connectivity index (χ4v) is 2.90. The normalized spacial score (nSPS) is 12.0. The third-order valence-electron chi connectivity index (χ3n) is 4.33. The Morgan fingerprint density at radius 1 is 0.750 bits per heavy atom. The van der Waals surface area contributed by atoms with Crippen LogP contribution in [0.4, 0.5) is 0 Å². The van der Waals surface area contributed by atoms with Gasteiger partial charge in [-0.05, 0) is 19.8 Å². The van der Waals surface area contributed by atoms with Crippen molar-refractivity contribution < 1.29 is 5.11 Å². The zero-order valence-electron chi connectivity index (χ0n) is 14.3. The molecule has 0 atom stereocenters. The molecular weight excluding hydrogens is 246 g/mol. The van der Waals surface area contributed by atoms with Crippen LogP contribution in [0, 0.1) is 0 Å². The second kappa shape index (κ2) is 13.9. The quantitative estimate of drug-likeness (QED) is 0.413. The van der Waals surface area contributed by atoms with Gasteiger partial charge in [0.15, 0.2) is 0 Å². The second-order valence-corrected chi connectivity index (χ2v) is 6.54. The number of aliphatic hydroxyl groups is 1. The lowest BCUT2D eigenvalue weighted by molar-refractivity contribution is 0.236. The van der Waals surface area contributed by atoms with Crippen LogP contribution in [0.15, 0.2) is 0 Å². The van der Waals surface area contributed by atoms with Gasteiger partial charge in [-0.1, -0.05) is 78.1 Å². The van der Waals surface area contributed by atoms with Crippen molar-refractivity contribution in [2.45, 2.75) is 103 Å². The van der Waals surface area contributed by atoms with Gasteiger partial charge in [-0.3, -0.25) is 0 Å². The SMILES string of the molecule is CCCCCCCC(C)(CCCCCCC)NCCO. The first kappa shape index (κ1) is 19.9. The van der Waals surface area contributed by atoms with Gasteiger partial charge in [-0.25, -0.2) is 0 Å². The summed E-state index contributed by atoms with van der Waals surface area (Å²) in [5.74, 6) is 0. The molecule has 0 heterocycles. The molecule has 0 rings (SSSR count). The van der Waals surface area contributed by atoms with Crippen LogP contribution in [0.5, 0.6) is 0 Å². The molecule has 0 aliphatic carbocycles. The predicted octanol–water partition coefficient (Wildman–Crippen LogP) is 5.05. The molecule has 20 heavy (non-hydrogen) atoms. The van der Waals surface area contributed by atoms with Gasteiger partial charge in [0, 0.05) is 12.1 Å². The van der Waals surface area contributed by atoms with E-state index in [0.29, 0.717) is 0 Å². The summed E-state index contributed by atoms with van der Waals surface area (Å²) in [6.45, 7) is 7.87. The molecule has 0 aliphatic rings. The summed E-state index contributed by atoms with van der Waals surface area (Å²) < 4.78 is 0. The van der Waals surface area contributed by atoms with Gasteiger partial charge in [-0.15, -0.1) is 0 Å². The van der Waals surface area contributed by atoms with Crippen LogP contribution < -0.4 is 5.32 Å². The molecule has 122 valence electrons. The highest BCUT2D eigenvalue weighted by Crippen LogP contribution is 2.22. The Labute approximate surface area is 127 Å². The van der Waals surface area contributed by atoms with Crippen molar-refractivity contribution in [3.63, 3.8) is 0 Å². The van der Waals surface area contributed by atoms with Gasteiger partial charge in [0.1, 0.15) is 0 Å². The fraction of sp³-hybridized carbons (Fsp3) is 1.00. The van der Waals surface area contributed by atoms with E-state index >= 15 is 0 Å². The molecule has 0 saturated heterocycles. The molecule has 0 amide bonds. The van der Waals surface area contributed by atoms with E-state index in [2.05, 4.69) is 26.1 Å². The van der Waals surface area contributed by atoms with Crippen LogP contribution in [-0.2, 0) is 0 Å². The molecule has 0 aromatic heterocycles. The minimum Gasteiger partial charge on any atom is -0.395 e. The zero-order chi connectivity index (χ0) is 15.1. The summed E-state index contributed by atoms with van der Waals surface area (Å²) in [6, 6.07) is 0. The van der Waals surface area contributed by atoms with Crippen molar-refractivity contribution in [1.29, 1.82) is 0 Å². The number of aliphatic hydroxyl groups excluding tert-OH is 1. The lowest BCUT2D eigenvalue weighted by Gasteiger charge is -2.31. The predicted molar refractivity (Wildman–Crippen MR) is 90.2 cm³/mol. The average molecular weight is 286 g/mol. The van der Waals surface area contributed by atoms with E-state index in [1.807, 2.05) is 0 Å². The summed E-state index contributed by atoms with van der Waals surface area (Å²) in [6.07, 6.45) is 16.0. The fourth-order valence-electron chi connectivity index (χ4n) is 2.90. The van der Waals surface area contributed by atoms with Crippen molar-refractivity contribution >= 4 is 0 Å². The van der Waals surface area contributed by atoms with Gasteiger partial charge < -0.3 is 10.4 Å². The summed E-state index contributed by atoms with van der Waals surface area (Å²) in [7, 11) is 0. The van der Waals surface area contributed by atoms with E-state index in [-0.39, 0.29) is 12.1 Å². The summed E-state index contributed by atoms with van der Waals surface area (Å²) in [4.78, 5) is 0. The number of nitrogens with one attached hydrogen (secondary N) is 1. The van der Waals surface area contributed by atoms with Gasteiger partial charge >= 0.3 is 0 Å². The van der Waals surface area contributed by atoms with Gasteiger partial charge in [0.05, 0.1) is 6.61 Å². The molecular formula is C18H39NO. The lowest BCUT2D eigenvalue weighted by Crippen LogP contribution is -2.43. The zero-order valence-corrected chi connectivity index (χ0v) is 14.3. The van der Waals surface area contributed by atoms with Crippen molar-refractivity contribution in [3.8, 4) is 0 Å². The minimum atomic E-state index is 0.237. The first-order chi connectivity index (χ1) is 9.68. The smallest absolute Gasteiger partial charge is 0.0556 e. The first-order valence-corrected chi connectivity index (χ1v) is 9.04. The molecule has 0 aliphatic heterocycles. The molecule has 0 aromatic rings. The number of rotatable bonds is 15. The first-order valence-electron chi connectivity index (χ1n) is 9.04. The third-order valence-corrected chi connectivity index (χ3v) is 4.33. The summed E-state index contributed by atoms with van der Waals surface area (Å²) in [5, 5.41) is 12.6. The van der Waals surface area contributed by atoms with Crippen LogP contribution in [0.2, 0.25) is 0 Å². The molecule has 0 unspecified atom stereocenters. The van der Waals surface area contributed by atoms with Gasteiger partial charge in [0.25, 0.3) is 0 Å². The monoisotopic (exact) mass is 285 g/mol. The van der Waals surface area contributed by atoms with Crippen LogP contribution in [0.1, 0.15) is 97.8 Å². The molecule has 2 nitrogen and oxygen atoms in total. The highest BCUT2D eigenvalue weighted by molar-refractivity contribution is 4.82. The van der Waals surface area contributed by atoms with Crippen molar-refractivity contribution in [1.82, 2.24) is 5.32 Å². The van der Waals surface area contributed by atoms with E-state index in [9.17, 15) is 0 Å². The largest absolute Gasteiger partial charge is 0.395 e. The maximum absolute atomic E-state index is 9.05. The Balaban J connectivity index is 3.88. The molecule has 0 bridgehead atoms. The Hall–Kier alpha value is -0.0800. The Morgan fingerprint density at radius 2 is 1.20 bits per heavy atom. The molecule has 0 radical (unpaired) electrons. The van der Waals surface area contributed by atoms with Crippen LogP contribution in [0.25, 0.3) is 0 Å². The number of hydrogen-bond acceptors (Lipinski definition) is 2. The minimum absolute atomic E-state index is 0.237. The number of β-amino-alcohol motifs (C(OH)–C–C–N with tert-alkyl or cyclic N) is 1. The van der Waals surface area contributed by atoms with E-state index in [0.717, 1.165) is 6.54 Å². The second-order valence-electron chi connectivity index (χ2n) is 6.54. The molecule has 0 spiro atoms. The van der Waals surface area contributed by atoms with Crippen LogP contribution in [-0.4, -0.2) is 23.8 Å². The molecule has 0 aromatic carbocycles. The third kappa shape index (κ3) is 11.7. The van der Waals surface area contributed by atoms with E-state index in [4.69, 9.17) is 5.11 Å². The van der Waals surface area contributed by atoms with E-state index in [1.54, 1.807) is 0 Å². The van der Waals surface area contributed by atoms with Crippen molar-refractivity contribution in [3.05, 3.63) is 0 Å². The lowest BCUT2D eigenvalue weighted by atomic mass is 9.88. The average Bonchev–Trinajstić information content (AvgIpc) is 2.45. The summed E-state index contributed by atoms with van der Waals surface area (Å²) in [5.41, 5.74) is 0.237. The van der Waals surface area contributed by atoms with E-state index < -0.39 is 0 Å². The Morgan fingerprint density at radius 3 is 1.60 bits per heavy atom. The molecule has 0 saturated carbocycles. The Bertz CT molecular complexity index is 180. The highest BCUT2D eigenvalue weighted by atomic mass is 16.3. The maximum atomic E-state index is 9.05.